The third kappa shape index (κ3) is 3.48. The smallest absolute Gasteiger partial charge is 0.335 e. The van der Waals surface area contributed by atoms with E-state index in [1.54, 1.807) is 12.1 Å². The number of rotatable bonds is 5. The Balaban J connectivity index is 1.57. The molecule has 27 heavy (non-hydrogen) atoms. The van der Waals surface area contributed by atoms with E-state index in [1.807, 2.05) is 24.3 Å². The second kappa shape index (κ2) is 6.89. The fourth-order valence-corrected chi connectivity index (χ4v) is 3.32. The van der Waals surface area contributed by atoms with Crippen molar-refractivity contribution < 1.29 is 9.90 Å². The summed E-state index contributed by atoms with van der Waals surface area (Å²) in [5.41, 5.74) is 8.28. The number of nitrogens with two attached hydrogens (primary N) is 1. The van der Waals surface area contributed by atoms with Crippen molar-refractivity contribution in [3.05, 3.63) is 60.4 Å². The maximum Gasteiger partial charge on any atom is 0.335 e. The lowest BCUT2D eigenvalue weighted by Crippen LogP contribution is -2.05. The van der Waals surface area contributed by atoms with E-state index in [9.17, 15) is 4.79 Å². The summed E-state index contributed by atoms with van der Waals surface area (Å²) in [5.74, 6) is -0.129. The molecule has 9 heteroatoms. The molecular formula is C18H14N6O2S. The summed E-state index contributed by atoms with van der Waals surface area (Å²) in [4.78, 5) is 23.8. The summed E-state index contributed by atoms with van der Waals surface area (Å²) in [6.07, 6.45) is 1.39. The van der Waals surface area contributed by atoms with Crippen molar-refractivity contribution in [1.29, 1.82) is 0 Å². The van der Waals surface area contributed by atoms with Gasteiger partial charge in [0, 0.05) is 5.69 Å². The van der Waals surface area contributed by atoms with Gasteiger partial charge in [-0.2, -0.15) is 0 Å². The lowest BCUT2D eigenvalue weighted by atomic mass is 10.2. The van der Waals surface area contributed by atoms with E-state index < -0.39 is 5.97 Å². The minimum absolute atomic E-state index is 0.203. The van der Waals surface area contributed by atoms with E-state index in [0.717, 1.165) is 10.2 Å². The number of hydrogen-bond donors (Lipinski definition) is 4. The topological polar surface area (TPSA) is 126 Å². The van der Waals surface area contributed by atoms with Crippen molar-refractivity contribution >= 4 is 55.7 Å². The molecule has 0 fully saturated rings. The Morgan fingerprint density at radius 2 is 1.70 bits per heavy atom. The zero-order valence-electron chi connectivity index (χ0n) is 13.9. The molecule has 0 aliphatic heterocycles. The molecule has 0 aliphatic rings. The van der Waals surface area contributed by atoms with Crippen LogP contribution in [0, 0.1) is 0 Å². The number of aromatic carboxylic acids is 1. The van der Waals surface area contributed by atoms with Crippen LogP contribution in [-0.4, -0.2) is 26.0 Å². The summed E-state index contributed by atoms with van der Waals surface area (Å²) in [5, 5.41) is 15.8. The summed E-state index contributed by atoms with van der Waals surface area (Å²) >= 11 is 1.50. The quantitative estimate of drug-likeness (QED) is 0.412. The summed E-state index contributed by atoms with van der Waals surface area (Å²) < 4.78 is 1.06. The number of nitrogens with zero attached hydrogens (tertiary/aromatic N) is 3. The molecule has 0 unspecified atom stereocenters. The average Bonchev–Trinajstić information content (AvgIpc) is 3.08. The highest BCUT2D eigenvalue weighted by Gasteiger charge is 2.11. The Kier molecular flexibility index (Phi) is 4.27. The lowest BCUT2D eigenvalue weighted by Gasteiger charge is -2.11. The molecule has 0 aliphatic carbocycles. The number of carbonyl (C=O) groups is 1. The fraction of sp³-hybridized carbons (Fsp3) is 0. The molecule has 4 rings (SSSR count). The maximum atomic E-state index is 10.9. The summed E-state index contributed by atoms with van der Waals surface area (Å²) in [6, 6.07) is 14.1. The number of fused-ring (bicyclic) bond motifs is 1. The lowest BCUT2D eigenvalue weighted by molar-refractivity contribution is 0.0697. The number of carboxylic acids is 1. The van der Waals surface area contributed by atoms with Gasteiger partial charge in [0.15, 0.2) is 16.8 Å². The first-order valence-corrected chi connectivity index (χ1v) is 8.75. The number of nitrogens with one attached hydrogen (secondary N) is 2. The van der Waals surface area contributed by atoms with Crippen LogP contribution in [0.15, 0.2) is 54.9 Å². The van der Waals surface area contributed by atoms with Gasteiger partial charge in [-0.1, -0.05) is 23.5 Å². The summed E-state index contributed by atoms with van der Waals surface area (Å²) in [7, 11) is 0. The second-order valence-electron chi connectivity index (χ2n) is 5.60. The molecule has 0 saturated heterocycles. The van der Waals surface area contributed by atoms with Gasteiger partial charge in [0.25, 0.3) is 0 Å². The molecule has 134 valence electrons. The van der Waals surface area contributed by atoms with E-state index in [1.165, 1.54) is 29.8 Å². The predicted octanol–water partition coefficient (Wildman–Crippen LogP) is 3.85. The fourth-order valence-electron chi connectivity index (χ4n) is 2.45. The van der Waals surface area contributed by atoms with Gasteiger partial charge >= 0.3 is 5.97 Å². The molecule has 0 bridgehead atoms. The third-order valence-electron chi connectivity index (χ3n) is 3.80. The molecule has 8 nitrogen and oxygen atoms in total. The number of benzene rings is 2. The molecule has 2 aromatic carbocycles. The molecule has 0 atom stereocenters. The van der Waals surface area contributed by atoms with E-state index >= 15 is 0 Å². The van der Waals surface area contributed by atoms with Gasteiger partial charge in [0.1, 0.15) is 12.0 Å². The predicted molar refractivity (Wildman–Crippen MR) is 106 cm³/mol. The third-order valence-corrected chi connectivity index (χ3v) is 4.75. The van der Waals surface area contributed by atoms with Gasteiger partial charge < -0.3 is 21.5 Å². The van der Waals surface area contributed by atoms with Crippen LogP contribution in [0.2, 0.25) is 0 Å². The monoisotopic (exact) mass is 378 g/mol. The van der Waals surface area contributed by atoms with Gasteiger partial charge in [-0.15, -0.1) is 0 Å². The van der Waals surface area contributed by atoms with Crippen LogP contribution in [0.4, 0.5) is 28.1 Å². The highest BCUT2D eigenvalue weighted by Crippen LogP contribution is 2.31. The Labute approximate surface area is 157 Å². The zero-order valence-corrected chi connectivity index (χ0v) is 14.7. The Morgan fingerprint density at radius 1 is 1.00 bits per heavy atom. The number of thiazole rings is 1. The first-order valence-electron chi connectivity index (χ1n) is 7.93. The number of aromatic nitrogens is 3. The number of carboxylic acid groups (broad SMARTS) is 1. The van der Waals surface area contributed by atoms with Gasteiger partial charge in [-0.25, -0.2) is 19.7 Å². The van der Waals surface area contributed by atoms with Crippen LogP contribution in [0.5, 0.6) is 0 Å². The molecule has 0 spiro atoms. The van der Waals surface area contributed by atoms with Crippen LogP contribution in [0.3, 0.4) is 0 Å². The molecule has 2 aromatic heterocycles. The van der Waals surface area contributed by atoms with E-state index in [0.29, 0.717) is 28.1 Å². The highest BCUT2D eigenvalue weighted by molar-refractivity contribution is 7.22. The van der Waals surface area contributed by atoms with E-state index in [4.69, 9.17) is 10.8 Å². The SMILES string of the molecule is Nc1c(Nc2ccc(C(=O)O)cc2)ncnc1Nc1nc2ccccc2s1. The van der Waals surface area contributed by atoms with Crippen molar-refractivity contribution in [2.75, 3.05) is 16.4 Å². The Hall–Kier alpha value is -3.72. The molecule has 4 aromatic rings. The van der Waals surface area contributed by atoms with Gasteiger partial charge in [0.2, 0.25) is 0 Å². The normalized spacial score (nSPS) is 10.7. The Morgan fingerprint density at radius 3 is 2.41 bits per heavy atom. The number of nitrogen functional groups attached to an aromatic ring is 1. The van der Waals surface area contributed by atoms with Gasteiger partial charge in [-0.05, 0) is 36.4 Å². The summed E-state index contributed by atoms with van der Waals surface area (Å²) in [6.45, 7) is 0. The second-order valence-corrected chi connectivity index (χ2v) is 6.63. The molecule has 2 heterocycles. The molecular weight excluding hydrogens is 364 g/mol. The molecule has 0 radical (unpaired) electrons. The van der Waals surface area contributed by atoms with Crippen LogP contribution < -0.4 is 16.4 Å². The van der Waals surface area contributed by atoms with E-state index in [2.05, 4.69) is 25.6 Å². The van der Waals surface area contributed by atoms with Crippen LogP contribution in [-0.2, 0) is 0 Å². The van der Waals surface area contributed by atoms with Crippen molar-refractivity contribution in [1.82, 2.24) is 15.0 Å². The van der Waals surface area contributed by atoms with Crippen molar-refractivity contribution in [3.63, 3.8) is 0 Å². The maximum absolute atomic E-state index is 10.9. The number of anilines is 5. The highest BCUT2D eigenvalue weighted by atomic mass is 32.1. The average molecular weight is 378 g/mol. The van der Waals surface area contributed by atoms with Gasteiger partial charge in [-0.3, -0.25) is 0 Å². The van der Waals surface area contributed by atoms with E-state index in [-0.39, 0.29) is 5.56 Å². The standard InChI is InChI=1S/C18H14N6O2S/c19-14-15(22-11-7-5-10(6-8-11)17(25)26)20-9-21-16(14)24-18-23-12-3-1-2-4-13(12)27-18/h1-9H,19H2,(H,25,26)(H2,20,21,22,23,24). The van der Waals surface area contributed by atoms with Crippen LogP contribution in [0.25, 0.3) is 10.2 Å². The zero-order chi connectivity index (χ0) is 18.8. The minimum atomic E-state index is -0.981. The van der Waals surface area contributed by atoms with Crippen LogP contribution in [0.1, 0.15) is 10.4 Å². The first kappa shape index (κ1) is 16.7. The molecule has 5 N–H and O–H groups in total. The van der Waals surface area contributed by atoms with Crippen molar-refractivity contribution in [2.24, 2.45) is 0 Å². The van der Waals surface area contributed by atoms with Crippen molar-refractivity contribution in [3.8, 4) is 0 Å². The van der Waals surface area contributed by atoms with Crippen molar-refractivity contribution in [2.45, 2.75) is 0 Å². The Bertz CT molecular complexity index is 1090. The molecule has 0 amide bonds. The van der Waals surface area contributed by atoms with Crippen LogP contribution >= 0.6 is 11.3 Å². The number of hydrogen-bond acceptors (Lipinski definition) is 8. The minimum Gasteiger partial charge on any atom is -0.478 e. The first-order chi connectivity index (χ1) is 13.1. The molecule has 0 saturated carbocycles. The number of para-hydroxylation sites is 1. The van der Waals surface area contributed by atoms with Gasteiger partial charge in [0.05, 0.1) is 15.8 Å². The largest absolute Gasteiger partial charge is 0.478 e.